The van der Waals surface area contributed by atoms with Crippen LogP contribution in [0, 0.1) is 5.92 Å². The van der Waals surface area contributed by atoms with Crippen molar-refractivity contribution in [1.82, 2.24) is 5.32 Å². The van der Waals surface area contributed by atoms with E-state index in [0.29, 0.717) is 30.2 Å². The van der Waals surface area contributed by atoms with Crippen molar-refractivity contribution >= 4 is 35.1 Å². The minimum Gasteiger partial charge on any atom is -0.479 e. The molecule has 120 valence electrons. The predicted octanol–water partition coefficient (Wildman–Crippen LogP) is 2.84. The second-order valence-corrected chi connectivity index (χ2v) is 6.28. The molecule has 0 aromatic heterocycles. The summed E-state index contributed by atoms with van der Waals surface area (Å²) in [5.41, 5.74) is -1.22. The number of hydrogen-bond donors (Lipinski definition) is 2. The number of ether oxygens (including phenoxy) is 1. The number of carboxylic acids is 1. The summed E-state index contributed by atoms with van der Waals surface area (Å²) in [6, 6.07) is 4.51. The Hall–Kier alpha value is -1.30. The zero-order valence-electron chi connectivity index (χ0n) is 12.1. The SMILES string of the molecule is C[C@](NC(=O)[C@H]1CCCOC1)(C(=O)O)c1ccc(Cl)c(Cl)c1. The number of benzene rings is 1. The Bertz CT molecular complexity index is 587. The van der Waals surface area contributed by atoms with E-state index in [1.54, 1.807) is 6.07 Å². The average Bonchev–Trinajstić information content (AvgIpc) is 2.50. The highest BCUT2D eigenvalue weighted by Crippen LogP contribution is 2.29. The van der Waals surface area contributed by atoms with Gasteiger partial charge in [0.2, 0.25) is 5.91 Å². The summed E-state index contributed by atoms with van der Waals surface area (Å²) in [6.07, 6.45) is 1.47. The third-order valence-electron chi connectivity index (χ3n) is 3.83. The molecule has 0 unspecified atom stereocenters. The van der Waals surface area contributed by atoms with Gasteiger partial charge in [-0.15, -0.1) is 0 Å². The van der Waals surface area contributed by atoms with Gasteiger partial charge < -0.3 is 15.2 Å². The van der Waals surface area contributed by atoms with Crippen molar-refractivity contribution in [1.29, 1.82) is 0 Å². The number of amides is 1. The Labute approximate surface area is 138 Å². The van der Waals surface area contributed by atoms with Crippen LogP contribution in [0.4, 0.5) is 0 Å². The van der Waals surface area contributed by atoms with E-state index >= 15 is 0 Å². The summed E-state index contributed by atoms with van der Waals surface area (Å²) in [5, 5.41) is 12.7. The first-order valence-corrected chi connectivity index (χ1v) is 7.69. The van der Waals surface area contributed by atoms with E-state index in [0.717, 1.165) is 6.42 Å². The zero-order valence-corrected chi connectivity index (χ0v) is 13.6. The standard InChI is InChI=1S/C15H17Cl2NO4/c1-15(14(20)21,10-4-5-11(16)12(17)7-10)18-13(19)9-3-2-6-22-8-9/h4-5,7,9H,2-3,6,8H2,1H3,(H,18,19)(H,20,21)/t9-,15+/m0/s1. The van der Waals surface area contributed by atoms with Crippen LogP contribution in [0.1, 0.15) is 25.3 Å². The Balaban J connectivity index is 2.25. The fourth-order valence-electron chi connectivity index (χ4n) is 2.35. The van der Waals surface area contributed by atoms with Crippen LogP contribution < -0.4 is 5.32 Å². The summed E-state index contributed by atoms with van der Waals surface area (Å²) in [4.78, 5) is 24.0. The lowest BCUT2D eigenvalue weighted by atomic mass is 9.90. The van der Waals surface area contributed by atoms with Crippen molar-refractivity contribution < 1.29 is 19.4 Å². The molecule has 1 aromatic carbocycles. The lowest BCUT2D eigenvalue weighted by Crippen LogP contribution is -2.52. The van der Waals surface area contributed by atoms with Gasteiger partial charge in [0.1, 0.15) is 0 Å². The largest absolute Gasteiger partial charge is 0.479 e. The van der Waals surface area contributed by atoms with E-state index < -0.39 is 11.5 Å². The summed E-state index contributed by atoms with van der Waals surface area (Å²) in [5.74, 6) is -1.85. The molecule has 5 nitrogen and oxygen atoms in total. The molecule has 2 N–H and O–H groups in total. The molecule has 1 amide bonds. The molecule has 1 heterocycles. The number of carbonyl (C=O) groups is 2. The van der Waals surface area contributed by atoms with Gasteiger partial charge in [-0.2, -0.15) is 0 Å². The highest BCUT2D eigenvalue weighted by Gasteiger charge is 2.39. The van der Waals surface area contributed by atoms with E-state index in [1.165, 1.54) is 19.1 Å². The van der Waals surface area contributed by atoms with Gasteiger partial charge in [-0.3, -0.25) is 4.79 Å². The van der Waals surface area contributed by atoms with Crippen molar-refractivity contribution in [3.63, 3.8) is 0 Å². The van der Waals surface area contributed by atoms with E-state index in [-0.39, 0.29) is 16.8 Å². The highest BCUT2D eigenvalue weighted by atomic mass is 35.5. The summed E-state index contributed by atoms with van der Waals surface area (Å²) >= 11 is 11.8. The van der Waals surface area contributed by atoms with Crippen LogP contribution in [0.5, 0.6) is 0 Å². The number of halogens is 2. The van der Waals surface area contributed by atoms with Gasteiger partial charge in [-0.25, -0.2) is 4.79 Å². The third kappa shape index (κ3) is 3.54. The smallest absolute Gasteiger partial charge is 0.333 e. The second kappa shape index (κ2) is 6.86. The van der Waals surface area contributed by atoms with Crippen molar-refractivity contribution in [3.05, 3.63) is 33.8 Å². The predicted molar refractivity (Wildman–Crippen MR) is 83.1 cm³/mol. The molecule has 0 radical (unpaired) electrons. The first-order valence-electron chi connectivity index (χ1n) is 6.93. The van der Waals surface area contributed by atoms with E-state index in [9.17, 15) is 14.7 Å². The van der Waals surface area contributed by atoms with Gasteiger partial charge in [0.05, 0.1) is 22.6 Å². The molecule has 2 atom stereocenters. The Kier molecular flexibility index (Phi) is 5.32. The average molecular weight is 346 g/mol. The van der Waals surface area contributed by atoms with Crippen LogP contribution >= 0.6 is 23.2 Å². The first-order chi connectivity index (χ1) is 10.3. The molecule has 2 rings (SSSR count). The van der Waals surface area contributed by atoms with Crippen LogP contribution in [-0.2, 0) is 19.9 Å². The lowest BCUT2D eigenvalue weighted by Gasteiger charge is -2.30. The molecule has 1 saturated heterocycles. The van der Waals surface area contributed by atoms with Crippen LogP contribution in [0.3, 0.4) is 0 Å². The molecular weight excluding hydrogens is 329 g/mol. The number of carboxylic acid groups (broad SMARTS) is 1. The quantitative estimate of drug-likeness (QED) is 0.879. The molecule has 1 aromatic rings. The molecule has 0 aliphatic carbocycles. The number of carbonyl (C=O) groups excluding carboxylic acids is 1. The molecule has 7 heteroatoms. The topological polar surface area (TPSA) is 75.6 Å². The second-order valence-electron chi connectivity index (χ2n) is 5.46. The van der Waals surface area contributed by atoms with E-state index in [2.05, 4.69) is 5.32 Å². The number of nitrogens with one attached hydrogen (secondary N) is 1. The molecular formula is C15H17Cl2NO4. The van der Waals surface area contributed by atoms with Crippen molar-refractivity contribution in [2.24, 2.45) is 5.92 Å². The maximum absolute atomic E-state index is 12.3. The van der Waals surface area contributed by atoms with Crippen LogP contribution in [0.25, 0.3) is 0 Å². The van der Waals surface area contributed by atoms with Crippen molar-refractivity contribution in [2.75, 3.05) is 13.2 Å². The minimum absolute atomic E-state index is 0.238. The van der Waals surface area contributed by atoms with E-state index in [4.69, 9.17) is 27.9 Å². The normalized spacial score (nSPS) is 21.0. The molecule has 1 aliphatic heterocycles. The molecule has 0 saturated carbocycles. The molecule has 0 bridgehead atoms. The van der Waals surface area contributed by atoms with E-state index in [1.807, 2.05) is 0 Å². The Morgan fingerprint density at radius 1 is 1.36 bits per heavy atom. The Morgan fingerprint density at radius 3 is 2.64 bits per heavy atom. The summed E-state index contributed by atoms with van der Waals surface area (Å²) in [6.45, 7) is 2.37. The first kappa shape index (κ1) is 17.1. The lowest BCUT2D eigenvalue weighted by molar-refractivity contribution is -0.149. The van der Waals surface area contributed by atoms with Gasteiger partial charge in [0.25, 0.3) is 0 Å². The van der Waals surface area contributed by atoms with Gasteiger partial charge in [0.15, 0.2) is 5.54 Å². The number of rotatable bonds is 4. The van der Waals surface area contributed by atoms with Crippen LogP contribution in [0.2, 0.25) is 10.0 Å². The summed E-state index contributed by atoms with van der Waals surface area (Å²) < 4.78 is 5.27. The third-order valence-corrected chi connectivity index (χ3v) is 4.57. The number of hydrogen-bond acceptors (Lipinski definition) is 3. The molecule has 1 fully saturated rings. The monoisotopic (exact) mass is 345 g/mol. The van der Waals surface area contributed by atoms with Gasteiger partial charge >= 0.3 is 5.97 Å². The maximum Gasteiger partial charge on any atom is 0.333 e. The summed E-state index contributed by atoms with van der Waals surface area (Å²) in [7, 11) is 0. The minimum atomic E-state index is -1.58. The van der Waals surface area contributed by atoms with Crippen molar-refractivity contribution in [2.45, 2.75) is 25.3 Å². The zero-order chi connectivity index (χ0) is 16.3. The van der Waals surface area contributed by atoms with Gasteiger partial charge in [-0.1, -0.05) is 29.3 Å². The van der Waals surface area contributed by atoms with Crippen LogP contribution in [-0.4, -0.2) is 30.2 Å². The van der Waals surface area contributed by atoms with Crippen LogP contribution in [0.15, 0.2) is 18.2 Å². The number of aliphatic carboxylic acids is 1. The van der Waals surface area contributed by atoms with Gasteiger partial charge in [-0.05, 0) is 37.5 Å². The fraction of sp³-hybridized carbons (Fsp3) is 0.467. The molecule has 0 spiro atoms. The van der Waals surface area contributed by atoms with Gasteiger partial charge in [0, 0.05) is 6.61 Å². The highest BCUT2D eigenvalue weighted by molar-refractivity contribution is 6.42. The fourth-order valence-corrected chi connectivity index (χ4v) is 2.65. The molecule has 22 heavy (non-hydrogen) atoms. The maximum atomic E-state index is 12.3. The van der Waals surface area contributed by atoms with Crippen molar-refractivity contribution in [3.8, 4) is 0 Å². The Morgan fingerprint density at radius 2 is 2.09 bits per heavy atom. The molecule has 1 aliphatic rings.